The summed E-state index contributed by atoms with van der Waals surface area (Å²) in [6.07, 6.45) is 1.91. The Morgan fingerprint density at radius 3 is 2.48 bits per heavy atom. The van der Waals surface area contributed by atoms with Crippen molar-refractivity contribution in [2.45, 2.75) is 25.4 Å². The Bertz CT molecular complexity index is 756. The van der Waals surface area contributed by atoms with Crippen LogP contribution in [0.1, 0.15) is 24.8 Å². The van der Waals surface area contributed by atoms with E-state index in [1.165, 1.54) is 0 Å². The molecule has 1 atom stereocenters. The second-order valence-electron chi connectivity index (χ2n) is 6.80. The third kappa shape index (κ3) is 4.40. The molecule has 1 aliphatic carbocycles. The maximum absolute atomic E-state index is 12.8. The van der Waals surface area contributed by atoms with Crippen LogP contribution in [0.2, 0.25) is 0 Å². The molecule has 0 N–H and O–H groups in total. The lowest BCUT2D eigenvalue weighted by molar-refractivity contribution is -0.384. The number of alkyl halides is 3. The lowest BCUT2D eigenvalue weighted by Gasteiger charge is -2.36. The van der Waals surface area contributed by atoms with Crippen molar-refractivity contribution in [2.75, 3.05) is 31.1 Å². The average molecular weight is 383 g/mol. The zero-order valence-corrected chi connectivity index (χ0v) is 14.6. The van der Waals surface area contributed by atoms with Crippen LogP contribution in [0.5, 0.6) is 0 Å². The molecule has 1 fully saturated rings. The molecule has 1 aromatic rings. The minimum Gasteiger partial charge on any atom is -0.362 e. The molecule has 0 aromatic heterocycles. The predicted octanol–water partition coefficient (Wildman–Crippen LogP) is 3.62. The number of nitro benzene ring substituents is 1. The Hall–Kier alpha value is -2.58. The van der Waals surface area contributed by atoms with Gasteiger partial charge in [0, 0.05) is 38.7 Å². The number of hydrogen-bond acceptors (Lipinski definition) is 4. The number of benzene rings is 1. The van der Waals surface area contributed by atoms with Crippen molar-refractivity contribution >= 4 is 17.3 Å². The SMILES string of the molecule is O=C(C[C@H]1C=CCC1)N1CCN(c2ccc(C(F)(F)F)cc2[N+](=O)[O-])CC1. The fourth-order valence-corrected chi connectivity index (χ4v) is 3.53. The van der Waals surface area contributed by atoms with Gasteiger partial charge >= 0.3 is 6.18 Å². The number of carbonyl (C=O) groups excluding carboxylic acids is 1. The first-order chi connectivity index (χ1) is 12.8. The van der Waals surface area contributed by atoms with Gasteiger partial charge in [0.05, 0.1) is 10.5 Å². The molecule has 0 unspecified atom stereocenters. The van der Waals surface area contributed by atoms with Gasteiger partial charge in [0.25, 0.3) is 5.69 Å². The molecule has 1 aliphatic heterocycles. The van der Waals surface area contributed by atoms with Crippen molar-refractivity contribution in [3.05, 3.63) is 46.0 Å². The Morgan fingerprint density at radius 2 is 1.93 bits per heavy atom. The van der Waals surface area contributed by atoms with Crippen LogP contribution < -0.4 is 4.90 Å². The summed E-state index contributed by atoms with van der Waals surface area (Å²) in [6.45, 7) is 1.48. The molecular formula is C18H20F3N3O3. The molecule has 3 rings (SSSR count). The number of nitrogens with zero attached hydrogens (tertiary/aromatic N) is 3. The van der Waals surface area contributed by atoms with Crippen molar-refractivity contribution in [2.24, 2.45) is 5.92 Å². The predicted molar refractivity (Wildman–Crippen MR) is 93.4 cm³/mol. The molecule has 9 heteroatoms. The van der Waals surface area contributed by atoms with Crippen LogP contribution in [-0.2, 0) is 11.0 Å². The Balaban J connectivity index is 1.67. The fraction of sp³-hybridized carbons (Fsp3) is 0.500. The Kier molecular flexibility index (Phi) is 5.38. The molecule has 1 saturated heterocycles. The maximum atomic E-state index is 12.8. The molecule has 6 nitrogen and oxygen atoms in total. The quantitative estimate of drug-likeness (QED) is 0.453. The third-order valence-corrected chi connectivity index (χ3v) is 5.02. The van der Waals surface area contributed by atoms with Crippen LogP contribution in [0.4, 0.5) is 24.5 Å². The van der Waals surface area contributed by atoms with Gasteiger partial charge in [-0.25, -0.2) is 0 Å². The topological polar surface area (TPSA) is 66.7 Å². The van der Waals surface area contributed by atoms with Crippen LogP contribution in [0.15, 0.2) is 30.4 Å². The highest BCUT2D eigenvalue weighted by Crippen LogP contribution is 2.36. The number of amides is 1. The summed E-state index contributed by atoms with van der Waals surface area (Å²) in [5, 5.41) is 11.3. The summed E-state index contributed by atoms with van der Waals surface area (Å²) in [5.41, 5.74) is -1.46. The molecule has 1 heterocycles. The van der Waals surface area contributed by atoms with E-state index in [1.54, 1.807) is 9.80 Å². The number of rotatable bonds is 4. The van der Waals surface area contributed by atoms with Gasteiger partial charge in [0.15, 0.2) is 0 Å². The van der Waals surface area contributed by atoms with Crippen LogP contribution in [-0.4, -0.2) is 41.9 Å². The first-order valence-corrected chi connectivity index (χ1v) is 8.80. The molecule has 0 saturated carbocycles. The molecule has 146 valence electrons. The van der Waals surface area contributed by atoms with Gasteiger partial charge in [-0.2, -0.15) is 13.2 Å². The molecule has 27 heavy (non-hydrogen) atoms. The number of hydrogen-bond donors (Lipinski definition) is 0. The summed E-state index contributed by atoms with van der Waals surface area (Å²) in [6, 6.07) is 2.56. The third-order valence-electron chi connectivity index (χ3n) is 5.02. The maximum Gasteiger partial charge on any atom is 0.416 e. The van der Waals surface area contributed by atoms with E-state index in [4.69, 9.17) is 0 Å². The summed E-state index contributed by atoms with van der Waals surface area (Å²) in [5.74, 6) is 0.319. The summed E-state index contributed by atoms with van der Waals surface area (Å²) >= 11 is 0. The minimum absolute atomic E-state index is 0.0492. The van der Waals surface area contributed by atoms with Crippen LogP contribution in [0.3, 0.4) is 0 Å². The van der Waals surface area contributed by atoms with E-state index in [0.717, 1.165) is 25.0 Å². The fourth-order valence-electron chi connectivity index (χ4n) is 3.53. The number of piperazine rings is 1. The smallest absolute Gasteiger partial charge is 0.362 e. The van der Waals surface area contributed by atoms with Crippen LogP contribution >= 0.6 is 0 Å². The van der Waals surface area contributed by atoms with Crippen molar-refractivity contribution in [3.63, 3.8) is 0 Å². The second kappa shape index (κ2) is 7.58. The minimum atomic E-state index is -4.64. The first-order valence-electron chi connectivity index (χ1n) is 8.80. The normalized spacial score (nSPS) is 20.2. The van der Waals surface area contributed by atoms with Gasteiger partial charge in [-0.1, -0.05) is 12.2 Å². The molecule has 0 spiro atoms. The monoisotopic (exact) mass is 383 g/mol. The van der Waals surface area contributed by atoms with E-state index in [9.17, 15) is 28.1 Å². The van der Waals surface area contributed by atoms with Gasteiger partial charge in [-0.05, 0) is 30.9 Å². The molecule has 0 radical (unpaired) electrons. The summed E-state index contributed by atoms with van der Waals surface area (Å²) in [4.78, 5) is 26.2. The van der Waals surface area contributed by atoms with Gasteiger partial charge in [0.2, 0.25) is 5.91 Å². The zero-order valence-electron chi connectivity index (χ0n) is 14.6. The zero-order chi connectivity index (χ0) is 19.6. The van der Waals surface area contributed by atoms with E-state index in [2.05, 4.69) is 12.2 Å². The van der Waals surface area contributed by atoms with Crippen LogP contribution in [0.25, 0.3) is 0 Å². The standard InChI is InChI=1S/C18H20F3N3O3/c19-18(20,21)14-5-6-15(16(12-14)24(26)27)22-7-9-23(10-8-22)17(25)11-13-3-1-2-4-13/h1,3,5-6,12-13H,2,4,7-11H2/t13-/m0/s1. The lowest BCUT2D eigenvalue weighted by atomic mass is 10.0. The van der Waals surface area contributed by atoms with Gasteiger partial charge in [-0.3, -0.25) is 14.9 Å². The van der Waals surface area contributed by atoms with Crippen molar-refractivity contribution in [3.8, 4) is 0 Å². The lowest BCUT2D eigenvalue weighted by Crippen LogP contribution is -2.49. The number of allylic oxidation sites excluding steroid dienone is 2. The summed E-state index contributed by atoms with van der Waals surface area (Å²) < 4.78 is 38.5. The highest BCUT2D eigenvalue weighted by atomic mass is 19.4. The highest BCUT2D eigenvalue weighted by Gasteiger charge is 2.34. The molecule has 1 aromatic carbocycles. The first kappa shape index (κ1) is 19.2. The highest BCUT2D eigenvalue weighted by molar-refractivity contribution is 5.77. The van der Waals surface area contributed by atoms with Gasteiger partial charge in [-0.15, -0.1) is 0 Å². The molecule has 1 amide bonds. The van der Waals surface area contributed by atoms with Crippen LogP contribution in [0, 0.1) is 16.0 Å². The Morgan fingerprint density at radius 1 is 1.22 bits per heavy atom. The van der Waals surface area contributed by atoms with E-state index in [0.29, 0.717) is 38.7 Å². The number of carbonyl (C=O) groups is 1. The summed E-state index contributed by atoms with van der Waals surface area (Å²) in [7, 11) is 0. The van der Waals surface area contributed by atoms with Crippen molar-refractivity contribution in [1.82, 2.24) is 4.90 Å². The van der Waals surface area contributed by atoms with E-state index >= 15 is 0 Å². The number of nitro groups is 1. The number of halogens is 3. The van der Waals surface area contributed by atoms with E-state index in [1.807, 2.05) is 0 Å². The van der Waals surface area contributed by atoms with Gasteiger partial charge < -0.3 is 9.80 Å². The van der Waals surface area contributed by atoms with Crippen molar-refractivity contribution < 1.29 is 22.9 Å². The van der Waals surface area contributed by atoms with Crippen molar-refractivity contribution in [1.29, 1.82) is 0 Å². The molecule has 0 bridgehead atoms. The van der Waals surface area contributed by atoms with Gasteiger partial charge in [0.1, 0.15) is 5.69 Å². The molecule has 2 aliphatic rings. The molecular weight excluding hydrogens is 363 g/mol. The Labute approximate surface area is 154 Å². The van der Waals surface area contributed by atoms with E-state index in [-0.39, 0.29) is 17.5 Å². The largest absolute Gasteiger partial charge is 0.416 e. The average Bonchev–Trinajstić information content (AvgIpc) is 3.13. The second-order valence-corrected chi connectivity index (χ2v) is 6.80. The van der Waals surface area contributed by atoms with E-state index < -0.39 is 22.4 Å². The number of anilines is 1.